The zero-order valence-electron chi connectivity index (χ0n) is 11.2. The van der Waals surface area contributed by atoms with E-state index in [1.807, 2.05) is 0 Å². The SMILES string of the molecule is COCC(C)NS(=O)(=O)c1cccc(C=CC(=O)O)c1. The Balaban J connectivity index is 2.95. The highest BCUT2D eigenvalue weighted by Gasteiger charge is 2.17. The van der Waals surface area contributed by atoms with E-state index in [0.717, 1.165) is 6.08 Å². The highest BCUT2D eigenvalue weighted by atomic mass is 32.2. The largest absolute Gasteiger partial charge is 0.478 e. The van der Waals surface area contributed by atoms with E-state index >= 15 is 0 Å². The first-order valence-corrected chi connectivity index (χ1v) is 7.36. The fourth-order valence-corrected chi connectivity index (χ4v) is 2.85. The lowest BCUT2D eigenvalue weighted by Crippen LogP contribution is -2.35. The molecule has 0 aliphatic carbocycles. The maximum absolute atomic E-state index is 12.1. The molecule has 7 heteroatoms. The summed E-state index contributed by atoms with van der Waals surface area (Å²) in [4.78, 5) is 10.5. The van der Waals surface area contributed by atoms with Gasteiger partial charge in [-0.15, -0.1) is 0 Å². The van der Waals surface area contributed by atoms with Crippen molar-refractivity contribution in [3.8, 4) is 0 Å². The van der Waals surface area contributed by atoms with Crippen LogP contribution in [0.25, 0.3) is 6.08 Å². The van der Waals surface area contributed by atoms with Crippen LogP contribution in [0.15, 0.2) is 35.2 Å². The van der Waals surface area contributed by atoms with Crippen LogP contribution in [0.5, 0.6) is 0 Å². The second-order valence-electron chi connectivity index (χ2n) is 4.22. The molecule has 0 fully saturated rings. The Hall–Kier alpha value is -1.70. The number of methoxy groups -OCH3 is 1. The van der Waals surface area contributed by atoms with E-state index in [9.17, 15) is 13.2 Å². The van der Waals surface area contributed by atoms with E-state index in [1.165, 1.54) is 25.3 Å². The first kappa shape index (κ1) is 16.4. The van der Waals surface area contributed by atoms with Crippen molar-refractivity contribution in [1.82, 2.24) is 4.72 Å². The summed E-state index contributed by atoms with van der Waals surface area (Å²) in [6.07, 6.45) is 2.28. The van der Waals surface area contributed by atoms with Crippen LogP contribution in [-0.2, 0) is 19.6 Å². The van der Waals surface area contributed by atoms with Gasteiger partial charge in [-0.1, -0.05) is 12.1 Å². The van der Waals surface area contributed by atoms with Crippen LogP contribution in [0, 0.1) is 0 Å². The minimum atomic E-state index is -3.65. The van der Waals surface area contributed by atoms with Crippen molar-refractivity contribution in [3.63, 3.8) is 0 Å². The molecule has 110 valence electrons. The molecule has 0 spiro atoms. The topological polar surface area (TPSA) is 92.7 Å². The van der Waals surface area contributed by atoms with Crippen molar-refractivity contribution in [2.45, 2.75) is 17.9 Å². The molecule has 2 N–H and O–H groups in total. The quantitative estimate of drug-likeness (QED) is 0.735. The Labute approximate surface area is 118 Å². The van der Waals surface area contributed by atoms with Crippen LogP contribution in [0.4, 0.5) is 0 Å². The van der Waals surface area contributed by atoms with Gasteiger partial charge in [0.2, 0.25) is 10.0 Å². The van der Waals surface area contributed by atoms with Crippen molar-refractivity contribution in [2.75, 3.05) is 13.7 Å². The zero-order chi connectivity index (χ0) is 15.2. The number of hydrogen-bond donors (Lipinski definition) is 2. The predicted molar refractivity (Wildman–Crippen MR) is 74.8 cm³/mol. The molecule has 0 saturated heterocycles. The fraction of sp³-hybridized carbons (Fsp3) is 0.308. The number of hydrogen-bond acceptors (Lipinski definition) is 4. The van der Waals surface area contributed by atoms with Gasteiger partial charge < -0.3 is 9.84 Å². The van der Waals surface area contributed by atoms with E-state index in [0.29, 0.717) is 5.56 Å². The number of aliphatic carboxylic acids is 1. The van der Waals surface area contributed by atoms with E-state index in [1.54, 1.807) is 19.1 Å². The first-order chi connectivity index (χ1) is 9.35. The maximum Gasteiger partial charge on any atom is 0.328 e. The third-order valence-corrected chi connectivity index (χ3v) is 3.95. The summed E-state index contributed by atoms with van der Waals surface area (Å²) >= 11 is 0. The molecule has 1 aromatic carbocycles. The van der Waals surface area contributed by atoms with Crippen LogP contribution in [0.3, 0.4) is 0 Å². The summed E-state index contributed by atoms with van der Waals surface area (Å²) in [5.41, 5.74) is 0.495. The Morgan fingerprint density at radius 1 is 1.50 bits per heavy atom. The second-order valence-corrected chi connectivity index (χ2v) is 5.94. The first-order valence-electron chi connectivity index (χ1n) is 5.87. The molecule has 6 nitrogen and oxygen atoms in total. The number of carbonyl (C=O) groups is 1. The molecule has 1 rings (SSSR count). The summed E-state index contributed by atoms with van der Waals surface area (Å²) in [5, 5.41) is 8.55. The number of rotatable bonds is 7. The van der Waals surface area contributed by atoms with E-state index in [4.69, 9.17) is 9.84 Å². The molecule has 0 heterocycles. The van der Waals surface area contributed by atoms with Crippen molar-refractivity contribution < 1.29 is 23.1 Å². The molecular formula is C13H17NO5S. The molecule has 1 atom stereocenters. The standard InChI is InChI=1S/C13H17NO5S/c1-10(9-19-2)14-20(17,18)12-5-3-4-11(8-12)6-7-13(15)16/h3-8,10,14H,9H2,1-2H3,(H,15,16). The van der Waals surface area contributed by atoms with E-state index in [-0.39, 0.29) is 17.5 Å². The second kappa shape index (κ2) is 7.18. The molecule has 0 saturated carbocycles. The van der Waals surface area contributed by atoms with Gasteiger partial charge in [0, 0.05) is 19.2 Å². The highest BCUT2D eigenvalue weighted by Crippen LogP contribution is 2.13. The van der Waals surface area contributed by atoms with Crippen LogP contribution in [0.1, 0.15) is 12.5 Å². The highest BCUT2D eigenvalue weighted by molar-refractivity contribution is 7.89. The Morgan fingerprint density at radius 3 is 2.80 bits per heavy atom. The predicted octanol–water partition coefficient (Wildman–Crippen LogP) is 1.10. The minimum absolute atomic E-state index is 0.0768. The Morgan fingerprint density at radius 2 is 2.20 bits per heavy atom. The lowest BCUT2D eigenvalue weighted by molar-refractivity contribution is -0.131. The van der Waals surface area contributed by atoms with Gasteiger partial charge in [0.15, 0.2) is 0 Å². The number of benzene rings is 1. The molecule has 1 unspecified atom stereocenters. The maximum atomic E-state index is 12.1. The van der Waals surface area contributed by atoms with E-state index in [2.05, 4.69) is 4.72 Å². The molecule has 0 aliphatic heterocycles. The van der Waals surface area contributed by atoms with Crippen LogP contribution < -0.4 is 4.72 Å². The van der Waals surface area contributed by atoms with Gasteiger partial charge in [0.1, 0.15) is 0 Å². The average molecular weight is 299 g/mol. The summed E-state index contributed by atoms with van der Waals surface area (Å²) in [6, 6.07) is 5.67. The monoisotopic (exact) mass is 299 g/mol. The van der Waals surface area contributed by atoms with Gasteiger partial charge in [-0.05, 0) is 30.7 Å². The molecule has 0 bridgehead atoms. The van der Waals surface area contributed by atoms with Gasteiger partial charge >= 0.3 is 5.97 Å². The minimum Gasteiger partial charge on any atom is -0.478 e. The Bertz CT molecular complexity index is 595. The lowest BCUT2D eigenvalue weighted by atomic mass is 10.2. The fourth-order valence-electron chi connectivity index (χ4n) is 1.57. The van der Waals surface area contributed by atoms with Gasteiger partial charge in [-0.25, -0.2) is 17.9 Å². The molecule has 1 aromatic rings. The molecule has 20 heavy (non-hydrogen) atoms. The van der Waals surface area contributed by atoms with Crippen molar-refractivity contribution in [2.24, 2.45) is 0 Å². The summed E-state index contributed by atoms with van der Waals surface area (Å²) in [6.45, 7) is 1.95. The van der Waals surface area contributed by atoms with E-state index < -0.39 is 16.0 Å². The smallest absolute Gasteiger partial charge is 0.328 e. The molecule has 0 aliphatic rings. The third-order valence-electron chi connectivity index (χ3n) is 2.36. The normalized spacial score (nSPS) is 13.5. The molecule has 0 radical (unpaired) electrons. The van der Waals surface area contributed by atoms with Crippen LogP contribution >= 0.6 is 0 Å². The summed E-state index contributed by atoms with van der Waals surface area (Å²) < 4.78 is 31.5. The number of carboxylic acid groups (broad SMARTS) is 1. The number of carboxylic acids is 1. The number of nitrogens with one attached hydrogen (secondary N) is 1. The van der Waals surface area contributed by atoms with Gasteiger partial charge in [0.25, 0.3) is 0 Å². The van der Waals surface area contributed by atoms with Gasteiger partial charge in [0.05, 0.1) is 11.5 Å². The summed E-state index contributed by atoms with van der Waals surface area (Å²) in [7, 11) is -2.17. The summed E-state index contributed by atoms with van der Waals surface area (Å²) in [5.74, 6) is -1.09. The van der Waals surface area contributed by atoms with Crippen molar-refractivity contribution in [3.05, 3.63) is 35.9 Å². The van der Waals surface area contributed by atoms with Gasteiger partial charge in [-0.2, -0.15) is 0 Å². The molecular weight excluding hydrogens is 282 g/mol. The molecule has 0 amide bonds. The lowest BCUT2D eigenvalue weighted by Gasteiger charge is -2.13. The van der Waals surface area contributed by atoms with Crippen LogP contribution in [-0.4, -0.2) is 39.3 Å². The van der Waals surface area contributed by atoms with Crippen molar-refractivity contribution in [1.29, 1.82) is 0 Å². The number of sulfonamides is 1. The average Bonchev–Trinajstić information content (AvgIpc) is 2.36. The number of ether oxygens (including phenoxy) is 1. The zero-order valence-corrected chi connectivity index (χ0v) is 12.1. The third kappa shape index (κ3) is 5.12. The van der Waals surface area contributed by atoms with Crippen molar-refractivity contribution >= 4 is 22.1 Å². The van der Waals surface area contributed by atoms with Crippen LogP contribution in [0.2, 0.25) is 0 Å². The van der Waals surface area contributed by atoms with Gasteiger partial charge in [-0.3, -0.25) is 0 Å². The Kier molecular flexibility index (Phi) is 5.87. The molecule has 0 aromatic heterocycles.